The van der Waals surface area contributed by atoms with Crippen molar-refractivity contribution < 1.29 is 0 Å². The number of nitrogens with zero attached hydrogens (tertiary/aromatic N) is 1. The van der Waals surface area contributed by atoms with E-state index in [1.807, 2.05) is 18.2 Å². The van der Waals surface area contributed by atoms with Crippen molar-refractivity contribution in [1.82, 2.24) is 4.98 Å². The molecular formula is C18H24N4. The maximum atomic E-state index is 7.98. The molecule has 22 heavy (non-hydrogen) atoms. The first-order valence-electron chi connectivity index (χ1n) is 7.54. The van der Waals surface area contributed by atoms with E-state index in [-0.39, 0.29) is 5.41 Å². The molecule has 0 amide bonds. The van der Waals surface area contributed by atoms with Crippen molar-refractivity contribution in [2.45, 2.75) is 32.6 Å². The summed E-state index contributed by atoms with van der Waals surface area (Å²) in [5.74, 6) is 0.396. The van der Waals surface area contributed by atoms with Gasteiger partial charge in [0.05, 0.1) is 0 Å². The molecule has 2 rings (SSSR count). The van der Waals surface area contributed by atoms with Gasteiger partial charge >= 0.3 is 0 Å². The number of hydrogen-bond acceptors (Lipinski definition) is 4. The lowest BCUT2D eigenvalue weighted by Gasteiger charge is -2.27. The third-order valence-corrected chi connectivity index (χ3v) is 4.46. The maximum absolute atomic E-state index is 7.98. The third kappa shape index (κ3) is 2.88. The van der Waals surface area contributed by atoms with Crippen LogP contribution in [0, 0.1) is 5.41 Å². The molecule has 2 aromatic rings. The average molecular weight is 296 g/mol. The molecule has 0 aliphatic rings. The highest BCUT2D eigenvalue weighted by Crippen LogP contribution is 2.32. The van der Waals surface area contributed by atoms with E-state index in [2.05, 4.69) is 31.0 Å². The number of nitrogens with one attached hydrogen (secondary N) is 1. The number of rotatable bonds is 5. The predicted molar refractivity (Wildman–Crippen MR) is 93.3 cm³/mol. The van der Waals surface area contributed by atoms with Gasteiger partial charge < -0.3 is 16.9 Å². The summed E-state index contributed by atoms with van der Waals surface area (Å²) < 4.78 is 0. The highest BCUT2D eigenvalue weighted by atomic mass is 14.8. The normalized spacial score (nSPS) is 13.6. The molecule has 0 aliphatic carbocycles. The van der Waals surface area contributed by atoms with Crippen molar-refractivity contribution in [2.24, 2.45) is 5.73 Å². The lowest BCUT2D eigenvalue weighted by molar-refractivity contribution is 0.467. The van der Waals surface area contributed by atoms with Gasteiger partial charge in [0.2, 0.25) is 0 Å². The molecule has 0 fully saturated rings. The van der Waals surface area contributed by atoms with E-state index >= 15 is 0 Å². The van der Waals surface area contributed by atoms with Crippen LogP contribution in [0.4, 0.5) is 5.82 Å². The van der Waals surface area contributed by atoms with Gasteiger partial charge in [-0.25, -0.2) is 4.98 Å². The molecule has 0 aliphatic heterocycles. The molecule has 1 unspecified atom stereocenters. The summed E-state index contributed by atoms with van der Waals surface area (Å²) >= 11 is 0. The predicted octanol–water partition coefficient (Wildman–Crippen LogP) is 3.34. The second-order valence-electron chi connectivity index (χ2n) is 5.94. The van der Waals surface area contributed by atoms with Gasteiger partial charge in [-0.1, -0.05) is 38.1 Å². The van der Waals surface area contributed by atoms with E-state index in [0.29, 0.717) is 23.6 Å². The summed E-state index contributed by atoms with van der Waals surface area (Å²) in [6.07, 6.45) is 2.66. The summed E-state index contributed by atoms with van der Waals surface area (Å²) in [6, 6.07) is 10.2. The molecule has 0 saturated carbocycles. The van der Waals surface area contributed by atoms with Gasteiger partial charge in [0, 0.05) is 29.4 Å². The fourth-order valence-corrected chi connectivity index (χ4v) is 2.64. The van der Waals surface area contributed by atoms with Gasteiger partial charge in [0.15, 0.2) is 0 Å². The molecule has 0 saturated heterocycles. The first kappa shape index (κ1) is 16.2. The van der Waals surface area contributed by atoms with Crippen LogP contribution in [-0.2, 0) is 5.41 Å². The van der Waals surface area contributed by atoms with Crippen LogP contribution in [0.15, 0.2) is 36.5 Å². The van der Waals surface area contributed by atoms with Crippen LogP contribution in [0.1, 0.15) is 38.3 Å². The Bertz CT molecular complexity index is 687. The number of pyridine rings is 1. The van der Waals surface area contributed by atoms with Crippen LogP contribution >= 0.6 is 0 Å². The highest BCUT2D eigenvalue weighted by molar-refractivity contribution is 6.06. The van der Waals surface area contributed by atoms with Gasteiger partial charge in [0.1, 0.15) is 5.82 Å². The van der Waals surface area contributed by atoms with Gasteiger partial charge in [-0.15, -0.1) is 0 Å². The van der Waals surface area contributed by atoms with E-state index in [0.717, 1.165) is 17.5 Å². The lowest BCUT2D eigenvalue weighted by Crippen LogP contribution is -2.30. The van der Waals surface area contributed by atoms with E-state index < -0.39 is 0 Å². The average Bonchev–Trinajstić information content (AvgIpc) is 2.53. The van der Waals surface area contributed by atoms with Gasteiger partial charge in [0.25, 0.3) is 0 Å². The second kappa shape index (κ2) is 6.28. The van der Waals surface area contributed by atoms with Crippen LogP contribution in [0.25, 0.3) is 11.1 Å². The van der Waals surface area contributed by atoms with Crippen molar-refractivity contribution >= 4 is 11.5 Å². The van der Waals surface area contributed by atoms with E-state index in [9.17, 15) is 0 Å². The van der Waals surface area contributed by atoms with Crippen LogP contribution in [-0.4, -0.2) is 17.2 Å². The summed E-state index contributed by atoms with van der Waals surface area (Å²) in [7, 11) is 0. The molecule has 4 nitrogen and oxygen atoms in total. The molecule has 1 heterocycles. The lowest BCUT2D eigenvalue weighted by atomic mass is 9.79. The zero-order chi connectivity index (χ0) is 16.3. The first-order valence-corrected chi connectivity index (χ1v) is 7.54. The number of anilines is 1. The molecule has 116 valence electrons. The number of nitrogen functional groups attached to an aromatic ring is 1. The van der Waals surface area contributed by atoms with Crippen molar-refractivity contribution in [3.05, 3.63) is 47.7 Å². The van der Waals surface area contributed by atoms with E-state index in [1.165, 1.54) is 5.56 Å². The second-order valence-corrected chi connectivity index (χ2v) is 5.94. The fraction of sp³-hybridized carbons (Fsp3) is 0.333. The monoisotopic (exact) mass is 296 g/mol. The van der Waals surface area contributed by atoms with Crippen molar-refractivity contribution in [2.75, 3.05) is 12.3 Å². The Labute approximate surface area is 132 Å². The van der Waals surface area contributed by atoms with E-state index in [1.54, 1.807) is 13.1 Å². The summed E-state index contributed by atoms with van der Waals surface area (Å²) in [6.45, 7) is 6.66. The molecule has 1 atom stereocenters. The molecule has 0 spiro atoms. The zero-order valence-electron chi connectivity index (χ0n) is 13.5. The minimum atomic E-state index is -0.0472. The Kier molecular flexibility index (Phi) is 4.62. The van der Waals surface area contributed by atoms with Crippen LogP contribution < -0.4 is 11.5 Å². The largest absolute Gasteiger partial charge is 0.383 e. The number of benzene rings is 1. The Morgan fingerprint density at radius 2 is 2.05 bits per heavy atom. The number of hydrogen-bond donors (Lipinski definition) is 3. The zero-order valence-corrected chi connectivity index (χ0v) is 13.5. The van der Waals surface area contributed by atoms with Crippen LogP contribution in [0.3, 0.4) is 0 Å². The summed E-state index contributed by atoms with van der Waals surface area (Å²) in [4.78, 5) is 4.11. The van der Waals surface area contributed by atoms with Gasteiger partial charge in [-0.2, -0.15) is 0 Å². The Morgan fingerprint density at radius 1 is 1.32 bits per heavy atom. The Morgan fingerprint density at radius 3 is 2.64 bits per heavy atom. The van der Waals surface area contributed by atoms with Crippen molar-refractivity contribution in [1.29, 1.82) is 5.41 Å². The maximum Gasteiger partial charge on any atom is 0.133 e. The minimum absolute atomic E-state index is 0.0472. The van der Waals surface area contributed by atoms with Crippen molar-refractivity contribution in [3.8, 4) is 11.1 Å². The molecule has 4 heteroatoms. The number of nitrogens with two attached hydrogens (primary N) is 2. The molecular weight excluding hydrogens is 272 g/mol. The molecule has 1 aromatic heterocycles. The SMILES string of the molecule is CCC(C)(CN)c1cccc(-c2ccnc(N)c2C(C)=N)c1. The standard InChI is InChI=1S/C18H24N4/c1-4-18(3,11-19)14-7-5-6-13(10-14)15-8-9-22-17(21)16(15)12(2)20/h5-10,20H,4,11,19H2,1-3H3,(H2,21,22). The smallest absolute Gasteiger partial charge is 0.133 e. The third-order valence-electron chi connectivity index (χ3n) is 4.46. The van der Waals surface area contributed by atoms with Crippen LogP contribution in [0.5, 0.6) is 0 Å². The molecule has 0 bridgehead atoms. The van der Waals surface area contributed by atoms with Crippen molar-refractivity contribution in [3.63, 3.8) is 0 Å². The molecule has 5 N–H and O–H groups in total. The molecule has 1 aromatic carbocycles. The summed E-state index contributed by atoms with van der Waals surface area (Å²) in [5, 5.41) is 7.98. The topological polar surface area (TPSA) is 88.8 Å². The Hall–Kier alpha value is -2.20. The quantitative estimate of drug-likeness (QED) is 0.739. The fourth-order valence-electron chi connectivity index (χ4n) is 2.64. The van der Waals surface area contributed by atoms with E-state index in [4.69, 9.17) is 16.9 Å². The Balaban J connectivity index is 2.61. The minimum Gasteiger partial charge on any atom is -0.383 e. The van der Waals surface area contributed by atoms with Gasteiger partial charge in [-0.05, 0) is 36.1 Å². The first-order chi connectivity index (χ1) is 10.4. The molecule has 0 radical (unpaired) electrons. The van der Waals surface area contributed by atoms with Gasteiger partial charge in [-0.3, -0.25) is 0 Å². The summed E-state index contributed by atoms with van der Waals surface area (Å²) in [5.41, 5.74) is 16.2. The number of aromatic nitrogens is 1. The highest BCUT2D eigenvalue weighted by Gasteiger charge is 2.23. The van der Waals surface area contributed by atoms with Crippen LogP contribution in [0.2, 0.25) is 0 Å².